The van der Waals surface area contributed by atoms with E-state index >= 15 is 0 Å². The number of hydrogen-bond donors (Lipinski definition) is 2. The van der Waals surface area contributed by atoms with E-state index < -0.39 is 5.41 Å². The standard InChI is InChI=1S/C22H21N3O4/c1-22(2)16-12-13(9-10-17(16)24-21(22)29)23-18(26)8-5-11-25-19(27)14-6-3-4-7-15(14)20(25)28/h3-4,6-7,9-10,12H,5,8,11H2,1-2H3,(H,23,26)(H,24,29). The molecule has 0 fully saturated rings. The highest BCUT2D eigenvalue weighted by Crippen LogP contribution is 2.38. The van der Waals surface area contributed by atoms with Crippen LogP contribution in [0.2, 0.25) is 0 Å². The van der Waals surface area contributed by atoms with Crippen molar-refractivity contribution in [2.24, 2.45) is 0 Å². The average molecular weight is 391 g/mol. The Morgan fingerprint density at radius 3 is 2.34 bits per heavy atom. The Bertz CT molecular complexity index is 1020. The maximum atomic E-state index is 12.3. The number of fused-ring (bicyclic) bond motifs is 2. The molecule has 2 N–H and O–H groups in total. The maximum Gasteiger partial charge on any atom is 0.261 e. The van der Waals surface area contributed by atoms with E-state index in [4.69, 9.17) is 0 Å². The van der Waals surface area contributed by atoms with Crippen LogP contribution in [0.3, 0.4) is 0 Å². The van der Waals surface area contributed by atoms with Gasteiger partial charge in [-0.15, -0.1) is 0 Å². The highest BCUT2D eigenvalue weighted by molar-refractivity contribution is 6.21. The Labute approximate surface area is 168 Å². The molecule has 0 saturated heterocycles. The van der Waals surface area contributed by atoms with E-state index in [0.29, 0.717) is 23.2 Å². The molecule has 2 heterocycles. The van der Waals surface area contributed by atoms with E-state index in [0.717, 1.165) is 11.3 Å². The number of nitrogens with one attached hydrogen (secondary N) is 2. The lowest BCUT2D eigenvalue weighted by Crippen LogP contribution is -2.31. The summed E-state index contributed by atoms with van der Waals surface area (Å²) in [5.74, 6) is -0.915. The number of anilines is 2. The summed E-state index contributed by atoms with van der Waals surface area (Å²) in [5.41, 5.74) is 2.37. The van der Waals surface area contributed by atoms with Crippen molar-refractivity contribution in [3.63, 3.8) is 0 Å². The van der Waals surface area contributed by atoms with Crippen LogP contribution in [0.5, 0.6) is 0 Å². The fraction of sp³-hybridized carbons (Fsp3) is 0.273. The molecule has 2 aromatic rings. The minimum Gasteiger partial charge on any atom is -0.326 e. The van der Waals surface area contributed by atoms with Crippen LogP contribution in [-0.2, 0) is 15.0 Å². The molecule has 2 aliphatic rings. The summed E-state index contributed by atoms with van der Waals surface area (Å²) < 4.78 is 0. The van der Waals surface area contributed by atoms with Crippen molar-refractivity contribution >= 4 is 35.0 Å². The van der Waals surface area contributed by atoms with Gasteiger partial charge in [-0.3, -0.25) is 24.1 Å². The van der Waals surface area contributed by atoms with Crippen LogP contribution in [0.4, 0.5) is 11.4 Å². The zero-order chi connectivity index (χ0) is 20.8. The molecule has 7 nitrogen and oxygen atoms in total. The average Bonchev–Trinajstić information content (AvgIpc) is 3.07. The van der Waals surface area contributed by atoms with Gasteiger partial charge in [0.1, 0.15) is 0 Å². The first-order valence-electron chi connectivity index (χ1n) is 9.50. The van der Waals surface area contributed by atoms with Crippen LogP contribution in [0.15, 0.2) is 42.5 Å². The molecule has 0 saturated carbocycles. The van der Waals surface area contributed by atoms with Crippen LogP contribution in [0, 0.1) is 0 Å². The molecule has 4 rings (SSSR count). The second-order valence-corrected chi connectivity index (χ2v) is 7.80. The molecule has 7 heteroatoms. The maximum absolute atomic E-state index is 12.3. The van der Waals surface area contributed by atoms with Crippen molar-refractivity contribution in [2.75, 3.05) is 17.2 Å². The summed E-state index contributed by atoms with van der Waals surface area (Å²) in [6, 6.07) is 12.0. The second-order valence-electron chi connectivity index (χ2n) is 7.80. The van der Waals surface area contributed by atoms with Crippen molar-refractivity contribution in [1.82, 2.24) is 4.90 Å². The third kappa shape index (κ3) is 3.18. The molecule has 0 unspecified atom stereocenters. The minimum atomic E-state index is -0.651. The van der Waals surface area contributed by atoms with Gasteiger partial charge in [-0.1, -0.05) is 12.1 Å². The summed E-state index contributed by atoms with van der Waals surface area (Å²) >= 11 is 0. The predicted molar refractivity (Wildman–Crippen MR) is 108 cm³/mol. The Morgan fingerprint density at radius 1 is 1.03 bits per heavy atom. The molecule has 4 amide bonds. The van der Waals surface area contributed by atoms with E-state index in [1.165, 1.54) is 4.90 Å². The van der Waals surface area contributed by atoms with Gasteiger partial charge in [0.25, 0.3) is 11.8 Å². The molecule has 0 atom stereocenters. The highest BCUT2D eigenvalue weighted by atomic mass is 16.2. The van der Waals surface area contributed by atoms with Gasteiger partial charge in [-0.2, -0.15) is 0 Å². The van der Waals surface area contributed by atoms with Crippen molar-refractivity contribution in [1.29, 1.82) is 0 Å². The molecule has 2 aromatic carbocycles. The fourth-order valence-corrected chi connectivity index (χ4v) is 3.71. The number of carbonyl (C=O) groups excluding carboxylic acids is 4. The molecule has 2 aliphatic heterocycles. The SMILES string of the molecule is CC1(C)C(=O)Nc2ccc(NC(=O)CCCN3C(=O)c4ccccc4C3=O)cc21. The molecule has 29 heavy (non-hydrogen) atoms. The normalized spacial score (nSPS) is 16.5. The van der Waals surface area contributed by atoms with E-state index in [9.17, 15) is 19.2 Å². The van der Waals surface area contributed by atoms with Gasteiger partial charge in [0.15, 0.2) is 0 Å². The summed E-state index contributed by atoms with van der Waals surface area (Å²) in [4.78, 5) is 50.2. The zero-order valence-corrected chi connectivity index (χ0v) is 16.2. The first-order valence-corrected chi connectivity index (χ1v) is 9.50. The lowest BCUT2D eigenvalue weighted by Gasteiger charge is -2.16. The van der Waals surface area contributed by atoms with Crippen LogP contribution in [-0.4, -0.2) is 35.1 Å². The lowest BCUT2D eigenvalue weighted by atomic mass is 9.86. The monoisotopic (exact) mass is 391 g/mol. The van der Waals surface area contributed by atoms with E-state index in [1.807, 2.05) is 13.8 Å². The number of hydrogen-bond acceptors (Lipinski definition) is 4. The van der Waals surface area contributed by atoms with Gasteiger partial charge in [-0.05, 0) is 56.2 Å². The largest absolute Gasteiger partial charge is 0.326 e. The molecular weight excluding hydrogens is 370 g/mol. The number of benzene rings is 2. The van der Waals surface area contributed by atoms with Gasteiger partial charge in [0, 0.05) is 24.3 Å². The van der Waals surface area contributed by atoms with Crippen molar-refractivity contribution < 1.29 is 19.2 Å². The summed E-state index contributed by atoms with van der Waals surface area (Å²) in [7, 11) is 0. The molecule has 0 aliphatic carbocycles. The van der Waals surface area contributed by atoms with Crippen LogP contribution >= 0.6 is 0 Å². The number of nitrogens with zero attached hydrogens (tertiary/aromatic N) is 1. The Morgan fingerprint density at radius 2 is 1.69 bits per heavy atom. The van der Waals surface area contributed by atoms with Crippen LogP contribution < -0.4 is 10.6 Å². The molecule has 0 radical (unpaired) electrons. The smallest absolute Gasteiger partial charge is 0.261 e. The molecule has 148 valence electrons. The molecular formula is C22H21N3O4. The number of carbonyl (C=O) groups is 4. The quantitative estimate of drug-likeness (QED) is 0.766. The highest BCUT2D eigenvalue weighted by Gasteiger charge is 2.38. The summed E-state index contributed by atoms with van der Waals surface area (Å²) in [5, 5.41) is 5.65. The number of amides is 4. The third-order valence-corrected chi connectivity index (χ3v) is 5.46. The lowest BCUT2D eigenvalue weighted by molar-refractivity contribution is -0.119. The van der Waals surface area contributed by atoms with E-state index in [-0.39, 0.29) is 36.6 Å². The topological polar surface area (TPSA) is 95.6 Å². The van der Waals surface area contributed by atoms with Crippen LogP contribution in [0.25, 0.3) is 0 Å². The van der Waals surface area contributed by atoms with Crippen molar-refractivity contribution in [3.8, 4) is 0 Å². The zero-order valence-electron chi connectivity index (χ0n) is 16.2. The first kappa shape index (κ1) is 18.9. The Hall–Kier alpha value is -3.48. The van der Waals surface area contributed by atoms with Crippen molar-refractivity contribution in [2.45, 2.75) is 32.1 Å². The second kappa shape index (κ2) is 6.84. The predicted octanol–water partition coefficient (Wildman–Crippen LogP) is 2.93. The van der Waals surface area contributed by atoms with Gasteiger partial charge < -0.3 is 10.6 Å². The number of imide groups is 1. The molecule has 0 spiro atoms. The van der Waals surface area contributed by atoms with Gasteiger partial charge in [0.2, 0.25) is 11.8 Å². The molecule has 0 aromatic heterocycles. The first-order chi connectivity index (χ1) is 13.8. The summed E-state index contributed by atoms with van der Waals surface area (Å²) in [6.45, 7) is 3.86. The Kier molecular flexibility index (Phi) is 4.45. The van der Waals surface area contributed by atoms with Gasteiger partial charge in [0.05, 0.1) is 16.5 Å². The fourth-order valence-electron chi connectivity index (χ4n) is 3.71. The number of rotatable bonds is 5. The molecule has 0 bridgehead atoms. The van der Waals surface area contributed by atoms with Crippen LogP contribution in [0.1, 0.15) is 53.0 Å². The summed E-state index contributed by atoms with van der Waals surface area (Å²) in [6.07, 6.45) is 0.541. The minimum absolute atomic E-state index is 0.0723. The van der Waals surface area contributed by atoms with Crippen molar-refractivity contribution in [3.05, 3.63) is 59.2 Å². The van der Waals surface area contributed by atoms with Gasteiger partial charge in [-0.25, -0.2) is 0 Å². The van der Waals surface area contributed by atoms with E-state index in [2.05, 4.69) is 10.6 Å². The third-order valence-electron chi connectivity index (χ3n) is 5.46. The van der Waals surface area contributed by atoms with E-state index in [1.54, 1.807) is 42.5 Å². The Balaban J connectivity index is 1.34. The van der Waals surface area contributed by atoms with Gasteiger partial charge >= 0.3 is 0 Å².